The molecule has 3 rings (SSSR count). The van der Waals surface area contributed by atoms with Crippen molar-refractivity contribution in [1.82, 2.24) is 4.90 Å². The largest absolute Gasteiger partial charge is 0.368 e. The first kappa shape index (κ1) is 15.9. The molecule has 2 aromatic rings. The number of rotatable bonds is 2. The van der Waals surface area contributed by atoms with Crippen molar-refractivity contribution in [2.75, 3.05) is 31.1 Å². The summed E-state index contributed by atoms with van der Waals surface area (Å²) in [6.07, 6.45) is 0. The average Bonchev–Trinajstić information content (AvgIpc) is 2.57. The number of halogens is 1. The number of anilines is 1. The van der Waals surface area contributed by atoms with Crippen LogP contribution in [0, 0.1) is 13.8 Å². The van der Waals surface area contributed by atoms with Crippen LogP contribution in [-0.2, 0) is 0 Å². The minimum atomic E-state index is 0.129. The van der Waals surface area contributed by atoms with Crippen molar-refractivity contribution >= 4 is 23.2 Å². The molecule has 1 saturated heterocycles. The number of aryl methyl sites for hydroxylation is 2. The SMILES string of the molecule is Cc1ccc(C(=O)N2CCN(c3ccc(Cl)cc3)CC2)cc1C. The Morgan fingerprint density at radius 2 is 1.57 bits per heavy atom. The number of hydrogen-bond acceptors (Lipinski definition) is 2. The van der Waals surface area contributed by atoms with E-state index in [1.165, 1.54) is 5.56 Å². The first-order valence-electron chi connectivity index (χ1n) is 7.91. The van der Waals surface area contributed by atoms with Gasteiger partial charge in [-0.25, -0.2) is 0 Å². The van der Waals surface area contributed by atoms with E-state index in [4.69, 9.17) is 11.6 Å². The topological polar surface area (TPSA) is 23.6 Å². The van der Waals surface area contributed by atoms with Gasteiger partial charge in [0.05, 0.1) is 0 Å². The van der Waals surface area contributed by atoms with Crippen molar-refractivity contribution in [3.05, 3.63) is 64.2 Å². The van der Waals surface area contributed by atoms with Gasteiger partial charge in [-0.1, -0.05) is 17.7 Å². The fraction of sp³-hybridized carbons (Fsp3) is 0.316. The lowest BCUT2D eigenvalue weighted by Crippen LogP contribution is -2.48. The number of amides is 1. The molecule has 23 heavy (non-hydrogen) atoms. The summed E-state index contributed by atoms with van der Waals surface area (Å²) in [5.41, 5.74) is 4.32. The van der Waals surface area contributed by atoms with E-state index in [9.17, 15) is 4.79 Å². The lowest BCUT2D eigenvalue weighted by atomic mass is 10.1. The zero-order valence-electron chi connectivity index (χ0n) is 13.6. The van der Waals surface area contributed by atoms with Crippen molar-refractivity contribution in [3.8, 4) is 0 Å². The molecule has 0 atom stereocenters. The maximum absolute atomic E-state index is 12.6. The van der Waals surface area contributed by atoms with Gasteiger partial charge in [-0.05, 0) is 61.4 Å². The van der Waals surface area contributed by atoms with Crippen LogP contribution < -0.4 is 4.90 Å². The van der Waals surface area contributed by atoms with E-state index < -0.39 is 0 Å². The minimum Gasteiger partial charge on any atom is -0.368 e. The van der Waals surface area contributed by atoms with Gasteiger partial charge < -0.3 is 9.80 Å². The molecule has 1 amide bonds. The standard InChI is InChI=1S/C19H21ClN2O/c1-14-3-4-16(13-15(14)2)19(23)22-11-9-21(10-12-22)18-7-5-17(20)6-8-18/h3-8,13H,9-12H2,1-2H3. The second-order valence-electron chi connectivity index (χ2n) is 6.05. The van der Waals surface area contributed by atoms with Gasteiger partial charge in [0.25, 0.3) is 5.91 Å². The summed E-state index contributed by atoms with van der Waals surface area (Å²) < 4.78 is 0. The highest BCUT2D eigenvalue weighted by molar-refractivity contribution is 6.30. The van der Waals surface area contributed by atoms with E-state index in [1.807, 2.05) is 54.3 Å². The van der Waals surface area contributed by atoms with Crippen LogP contribution in [0.25, 0.3) is 0 Å². The average molecular weight is 329 g/mol. The normalized spacial score (nSPS) is 14.9. The minimum absolute atomic E-state index is 0.129. The molecule has 0 N–H and O–H groups in total. The van der Waals surface area contributed by atoms with E-state index in [0.29, 0.717) is 0 Å². The Hall–Kier alpha value is -2.00. The molecule has 2 aromatic carbocycles. The second-order valence-corrected chi connectivity index (χ2v) is 6.49. The van der Waals surface area contributed by atoms with Crippen molar-refractivity contribution in [2.24, 2.45) is 0 Å². The van der Waals surface area contributed by atoms with E-state index in [0.717, 1.165) is 48.0 Å². The molecule has 120 valence electrons. The third-order valence-electron chi connectivity index (χ3n) is 4.51. The summed E-state index contributed by atoms with van der Waals surface area (Å²) in [5.74, 6) is 0.129. The number of carbonyl (C=O) groups excluding carboxylic acids is 1. The summed E-state index contributed by atoms with van der Waals surface area (Å²) in [5, 5.41) is 0.748. The zero-order valence-corrected chi connectivity index (χ0v) is 14.3. The van der Waals surface area contributed by atoms with Crippen LogP contribution in [0.5, 0.6) is 0 Å². The third-order valence-corrected chi connectivity index (χ3v) is 4.76. The van der Waals surface area contributed by atoms with Gasteiger partial charge in [0.15, 0.2) is 0 Å². The van der Waals surface area contributed by atoms with Gasteiger partial charge in [-0.2, -0.15) is 0 Å². The first-order chi connectivity index (χ1) is 11.0. The molecule has 0 aromatic heterocycles. The summed E-state index contributed by atoms with van der Waals surface area (Å²) in [6, 6.07) is 13.8. The summed E-state index contributed by atoms with van der Waals surface area (Å²) >= 11 is 5.94. The molecule has 0 radical (unpaired) electrons. The van der Waals surface area contributed by atoms with Gasteiger partial charge in [-0.3, -0.25) is 4.79 Å². The molecule has 0 bridgehead atoms. The molecule has 1 fully saturated rings. The fourth-order valence-electron chi connectivity index (χ4n) is 2.88. The van der Waals surface area contributed by atoms with Crippen molar-refractivity contribution in [3.63, 3.8) is 0 Å². The number of hydrogen-bond donors (Lipinski definition) is 0. The molecule has 3 nitrogen and oxygen atoms in total. The van der Waals surface area contributed by atoms with E-state index in [-0.39, 0.29) is 5.91 Å². The molecule has 4 heteroatoms. The lowest BCUT2D eigenvalue weighted by Gasteiger charge is -2.36. The van der Waals surface area contributed by atoms with E-state index in [1.54, 1.807) is 0 Å². The second kappa shape index (κ2) is 6.63. The number of piperazine rings is 1. The third kappa shape index (κ3) is 3.50. The lowest BCUT2D eigenvalue weighted by molar-refractivity contribution is 0.0746. The predicted molar refractivity (Wildman–Crippen MR) is 95.5 cm³/mol. The van der Waals surface area contributed by atoms with Crippen LogP contribution >= 0.6 is 11.6 Å². The highest BCUT2D eigenvalue weighted by Crippen LogP contribution is 2.20. The molecule has 0 unspecified atom stereocenters. The quantitative estimate of drug-likeness (QED) is 0.834. The molecule has 1 aliphatic heterocycles. The van der Waals surface area contributed by atoms with Gasteiger partial charge in [0.1, 0.15) is 0 Å². The molecule has 1 aliphatic rings. The molecular formula is C19H21ClN2O. The maximum atomic E-state index is 12.6. The highest BCUT2D eigenvalue weighted by Gasteiger charge is 2.22. The Morgan fingerprint density at radius 3 is 2.17 bits per heavy atom. The molecule has 0 spiro atoms. The van der Waals surface area contributed by atoms with E-state index >= 15 is 0 Å². The molecule has 0 aliphatic carbocycles. The predicted octanol–water partition coefficient (Wildman–Crippen LogP) is 3.92. The first-order valence-corrected chi connectivity index (χ1v) is 8.29. The van der Waals surface area contributed by atoms with Crippen LogP contribution in [0.1, 0.15) is 21.5 Å². The maximum Gasteiger partial charge on any atom is 0.253 e. The number of carbonyl (C=O) groups is 1. The van der Waals surface area contributed by atoms with Crippen LogP contribution in [0.15, 0.2) is 42.5 Å². The summed E-state index contributed by atoms with van der Waals surface area (Å²) in [7, 11) is 0. The Morgan fingerprint density at radius 1 is 0.913 bits per heavy atom. The zero-order chi connectivity index (χ0) is 16.4. The van der Waals surface area contributed by atoms with Gasteiger partial charge in [0, 0.05) is 42.5 Å². The van der Waals surface area contributed by atoms with Crippen LogP contribution in [0.3, 0.4) is 0 Å². The van der Waals surface area contributed by atoms with Gasteiger partial charge in [0.2, 0.25) is 0 Å². The fourth-order valence-corrected chi connectivity index (χ4v) is 3.00. The molecule has 1 heterocycles. The Balaban J connectivity index is 1.65. The van der Waals surface area contributed by atoms with Crippen molar-refractivity contribution in [2.45, 2.75) is 13.8 Å². The van der Waals surface area contributed by atoms with Crippen LogP contribution in [-0.4, -0.2) is 37.0 Å². The monoisotopic (exact) mass is 328 g/mol. The van der Waals surface area contributed by atoms with Crippen LogP contribution in [0.2, 0.25) is 5.02 Å². The Bertz CT molecular complexity index is 704. The van der Waals surface area contributed by atoms with Gasteiger partial charge in [-0.15, -0.1) is 0 Å². The Kier molecular flexibility index (Phi) is 4.58. The van der Waals surface area contributed by atoms with E-state index in [2.05, 4.69) is 11.8 Å². The molecular weight excluding hydrogens is 308 g/mol. The van der Waals surface area contributed by atoms with Crippen LogP contribution in [0.4, 0.5) is 5.69 Å². The number of benzene rings is 2. The van der Waals surface area contributed by atoms with Gasteiger partial charge >= 0.3 is 0 Å². The summed E-state index contributed by atoms with van der Waals surface area (Å²) in [6.45, 7) is 7.29. The molecule has 0 saturated carbocycles. The smallest absolute Gasteiger partial charge is 0.253 e. The number of nitrogens with zero attached hydrogens (tertiary/aromatic N) is 2. The Labute approximate surface area is 142 Å². The summed E-state index contributed by atoms with van der Waals surface area (Å²) in [4.78, 5) is 16.9. The van der Waals surface area contributed by atoms with Crippen molar-refractivity contribution < 1.29 is 4.79 Å². The highest BCUT2D eigenvalue weighted by atomic mass is 35.5. The van der Waals surface area contributed by atoms with Crippen molar-refractivity contribution in [1.29, 1.82) is 0 Å².